The Balaban J connectivity index is 1.79. The van der Waals surface area contributed by atoms with Gasteiger partial charge in [0.2, 0.25) is 11.1 Å². The van der Waals surface area contributed by atoms with Gasteiger partial charge in [0.15, 0.2) is 12.3 Å². The lowest BCUT2D eigenvalue weighted by Crippen LogP contribution is -2.05. The summed E-state index contributed by atoms with van der Waals surface area (Å²) in [5.41, 5.74) is 6.55. The third-order valence-electron chi connectivity index (χ3n) is 4.42. The van der Waals surface area contributed by atoms with Crippen molar-refractivity contribution in [3.8, 4) is 0 Å². The van der Waals surface area contributed by atoms with E-state index in [4.69, 9.17) is 4.55 Å². The summed E-state index contributed by atoms with van der Waals surface area (Å²) in [6.07, 6.45) is 6.64. The number of rotatable bonds is 4. The first kappa shape index (κ1) is 14.3. The fourth-order valence-electron chi connectivity index (χ4n) is 3.52. The minimum absolute atomic E-state index is 0.0265. The monoisotopic (exact) mass is 338 g/mol. The molecule has 8 heteroatoms. The normalized spacial score (nSPS) is 15.9. The minimum Gasteiger partial charge on any atom is -0.323 e. The van der Waals surface area contributed by atoms with E-state index in [0.717, 1.165) is 48.3 Å². The molecule has 0 amide bonds. The molecule has 0 radical (unpaired) electrons. The molecule has 116 valence electrons. The molecule has 0 saturated heterocycles. The van der Waals surface area contributed by atoms with E-state index >= 15 is 0 Å². The highest BCUT2D eigenvalue weighted by Gasteiger charge is 2.25. The van der Waals surface area contributed by atoms with E-state index in [1.54, 1.807) is 0 Å². The maximum atomic E-state index is 13.0. The summed E-state index contributed by atoms with van der Waals surface area (Å²) in [7, 11) is 0. The van der Waals surface area contributed by atoms with Crippen LogP contribution in [-0.4, -0.2) is 18.7 Å². The minimum atomic E-state index is -0.0265. The molecule has 2 aliphatic carbocycles. The first-order valence-corrected chi connectivity index (χ1v) is 8.76. The van der Waals surface area contributed by atoms with E-state index in [0.29, 0.717) is 18.0 Å². The van der Waals surface area contributed by atoms with Crippen LogP contribution >= 0.6 is 24.4 Å². The van der Waals surface area contributed by atoms with Crippen molar-refractivity contribution in [2.24, 2.45) is 0 Å². The van der Waals surface area contributed by atoms with E-state index in [1.165, 1.54) is 22.3 Å². The highest BCUT2D eigenvalue weighted by molar-refractivity contribution is 7.94. The van der Waals surface area contributed by atoms with Gasteiger partial charge >= 0.3 is 0 Å². The molecule has 22 heavy (non-hydrogen) atoms. The average Bonchev–Trinajstić information content (AvgIpc) is 3.25. The summed E-state index contributed by atoms with van der Waals surface area (Å²) < 4.78 is 23.2. The van der Waals surface area contributed by atoms with Crippen LogP contribution in [-0.2, 0) is 25.7 Å². The molecule has 2 N–H and O–H groups in total. The molecule has 0 atom stereocenters. The largest absolute Gasteiger partial charge is 0.323 e. The van der Waals surface area contributed by atoms with E-state index < -0.39 is 0 Å². The van der Waals surface area contributed by atoms with Crippen molar-refractivity contribution >= 4 is 36.0 Å². The van der Waals surface area contributed by atoms with Crippen molar-refractivity contribution in [2.45, 2.75) is 43.7 Å². The van der Waals surface area contributed by atoms with Crippen LogP contribution in [0.5, 0.6) is 0 Å². The van der Waals surface area contributed by atoms with E-state index in [9.17, 15) is 3.89 Å². The van der Waals surface area contributed by atoms with Gasteiger partial charge in [-0.3, -0.25) is 0 Å². The Kier molecular flexibility index (Phi) is 3.75. The number of fused-ring (bicyclic) bond motifs is 2. The molecule has 1 heterocycles. The van der Waals surface area contributed by atoms with Crippen molar-refractivity contribution in [1.29, 1.82) is 0 Å². The van der Waals surface area contributed by atoms with Gasteiger partial charge in [-0.1, -0.05) is 6.07 Å². The van der Waals surface area contributed by atoms with Crippen molar-refractivity contribution in [3.05, 3.63) is 28.3 Å². The first-order valence-electron chi connectivity index (χ1n) is 7.31. The molecular formula is C14H15FN4OS2. The molecule has 0 aliphatic heterocycles. The predicted octanol–water partition coefficient (Wildman–Crippen LogP) is 3.95. The van der Waals surface area contributed by atoms with Gasteiger partial charge in [0, 0.05) is 5.69 Å². The van der Waals surface area contributed by atoms with Crippen LogP contribution in [0.2, 0.25) is 0 Å². The molecule has 0 spiro atoms. The number of benzene rings is 1. The van der Waals surface area contributed by atoms with Crippen LogP contribution in [0.1, 0.15) is 35.1 Å². The van der Waals surface area contributed by atoms with Gasteiger partial charge in [-0.15, -0.1) is 13.1 Å². The lowest BCUT2D eigenvalue weighted by Gasteiger charge is -2.16. The zero-order valence-corrected chi connectivity index (χ0v) is 13.4. The average molecular weight is 338 g/mol. The third-order valence-corrected chi connectivity index (χ3v) is 5.14. The Hall–Kier alpha value is -1.25. The number of nitrogens with zero attached hydrogens (tertiary/aromatic N) is 3. The number of nitrogens with one attached hydrogen (secondary N) is 1. The summed E-state index contributed by atoms with van der Waals surface area (Å²) in [4.78, 5) is 4.14. The molecule has 2 aromatic rings. The third kappa shape index (κ3) is 2.29. The standard InChI is InChI=1S/C14H15FN4OS2/c15-22-19-13(17-14(18-19)21-20)16-12-10-5-1-3-8(10)7-9-4-2-6-11(9)12/h7,20H,1-6H2,(H,16,17,18). The fourth-order valence-corrected chi connectivity index (χ4v) is 4.08. The quantitative estimate of drug-likeness (QED) is 0.823. The zero-order chi connectivity index (χ0) is 15.1. The van der Waals surface area contributed by atoms with Gasteiger partial charge in [0.25, 0.3) is 0 Å². The smallest absolute Gasteiger partial charge is 0.240 e. The van der Waals surface area contributed by atoms with Crippen molar-refractivity contribution in [1.82, 2.24) is 14.2 Å². The summed E-state index contributed by atoms with van der Waals surface area (Å²) in [5, 5.41) is 7.29. The fraction of sp³-hybridized carbons (Fsp3) is 0.429. The van der Waals surface area contributed by atoms with Gasteiger partial charge in [-0.25, -0.2) is 0 Å². The molecule has 0 unspecified atom stereocenters. The number of hydrogen-bond donors (Lipinski definition) is 2. The topological polar surface area (TPSA) is 63.0 Å². The number of aromatic nitrogens is 3. The Morgan fingerprint density at radius 1 is 1.14 bits per heavy atom. The molecule has 4 rings (SSSR count). The zero-order valence-electron chi connectivity index (χ0n) is 11.8. The Labute approximate surface area is 136 Å². The second kappa shape index (κ2) is 5.75. The summed E-state index contributed by atoms with van der Waals surface area (Å²) in [6, 6.07) is 2.35. The first-order chi connectivity index (χ1) is 10.8. The molecule has 0 saturated carbocycles. The highest BCUT2D eigenvalue weighted by atomic mass is 32.2. The van der Waals surface area contributed by atoms with Gasteiger partial charge in [-0.2, -0.15) is 4.98 Å². The van der Waals surface area contributed by atoms with Crippen LogP contribution in [0.15, 0.2) is 11.2 Å². The Morgan fingerprint density at radius 2 is 1.82 bits per heavy atom. The summed E-state index contributed by atoms with van der Waals surface area (Å²) >= 11 is 0.391. The second-order valence-corrected chi connectivity index (χ2v) is 6.64. The van der Waals surface area contributed by atoms with Crippen LogP contribution in [0.3, 0.4) is 0 Å². The summed E-state index contributed by atoms with van der Waals surface area (Å²) in [6.45, 7) is 0. The van der Waals surface area contributed by atoms with Crippen LogP contribution in [0.4, 0.5) is 15.5 Å². The van der Waals surface area contributed by atoms with Gasteiger partial charge in [0.05, 0.1) is 12.0 Å². The Bertz CT molecular complexity index is 702. The van der Waals surface area contributed by atoms with E-state index in [1.807, 2.05) is 0 Å². The van der Waals surface area contributed by atoms with Gasteiger partial charge in [0.1, 0.15) is 0 Å². The number of hydrogen-bond acceptors (Lipinski definition) is 6. The van der Waals surface area contributed by atoms with Crippen molar-refractivity contribution in [2.75, 3.05) is 5.32 Å². The molecule has 0 bridgehead atoms. The molecule has 2 aliphatic rings. The van der Waals surface area contributed by atoms with Crippen molar-refractivity contribution in [3.63, 3.8) is 0 Å². The van der Waals surface area contributed by atoms with Crippen LogP contribution in [0.25, 0.3) is 0 Å². The van der Waals surface area contributed by atoms with Gasteiger partial charge < -0.3 is 9.87 Å². The second-order valence-electron chi connectivity index (χ2n) is 5.61. The molecule has 5 nitrogen and oxygen atoms in total. The molecule has 1 aromatic heterocycles. The Morgan fingerprint density at radius 3 is 2.41 bits per heavy atom. The van der Waals surface area contributed by atoms with Crippen LogP contribution in [0, 0.1) is 0 Å². The van der Waals surface area contributed by atoms with Crippen molar-refractivity contribution < 1.29 is 8.44 Å². The highest BCUT2D eigenvalue weighted by Crippen LogP contribution is 2.40. The maximum absolute atomic E-state index is 13.0. The van der Waals surface area contributed by atoms with Crippen LogP contribution < -0.4 is 5.32 Å². The maximum Gasteiger partial charge on any atom is 0.240 e. The van der Waals surface area contributed by atoms with Gasteiger partial charge in [-0.05, 0) is 60.8 Å². The SMILES string of the molecule is OSc1nc(Nc2c3c(cc4c2CCC4)CCC3)n(SF)n1. The van der Waals surface area contributed by atoms with E-state index in [-0.39, 0.29) is 17.5 Å². The molecule has 1 aromatic carbocycles. The molecule has 0 fully saturated rings. The number of anilines is 2. The lowest BCUT2D eigenvalue weighted by molar-refractivity contribution is 0.654. The lowest BCUT2D eigenvalue weighted by atomic mass is 9.99. The molecular weight excluding hydrogens is 323 g/mol. The predicted molar refractivity (Wildman–Crippen MR) is 86.4 cm³/mol. The summed E-state index contributed by atoms with van der Waals surface area (Å²) in [5.74, 6) is 0.318. The number of halogens is 1. The number of aryl methyl sites for hydroxylation is 2. The van der Waals surface area contributed by atoms with E-state index in [2.05, 4.69) is 21.5 Å².